The molecule has 2 aromatic carbocycles. The highest BCUT2D eigenvalue weighted by molar-refractivity contribution is 5.82. The molecule has 34 heavy (non-hydrogen) atoms. The fraction of sp³-hybridized carbons (Fsp3) is 0.462. The minimum absolute atomic E-state index is 0.0911. The molecule has 2 saturated heterocycles. The van der Waals surface area contributed by atoms with Crippen molar-refractivity contribution in [2.75, 3.05) is 19.6 Å². The van der Waals surface area contributed by atoms with Crippen LogP contribution in [0.1, 0.15) is 49.3 Å². The average Bonchev–Trinajstić information content (AvgIpc) is 3.47. The number of nitrogens with zero attached hydrogens (tertiary/aromatic N) is 6. The molecule has 3 aromatic rings. The summed E-state index contributed by atoms with van der Waals surface area (Å²) in [4.78, 5) is 18.0. The first-order chi connectivity index (χ1) is 16.8. The molecule has 3 heterocycles. The van der Waals surface area contributed by atoms with Crippen molar-refractivity contribution in [1.82, 2.24) is 30.0 Å². The highest BCUT2D eigenvalue weighted by Crippen LogP contribution is 2.30. The Kier molecular flexibility index (Phi) is 7.14. The van der Waals surface area contributed by atoms with Crippen molar-refractivity contribution >= 4 is 5.91 Å². The van der Waals surface area contributed by atoms with E-state index in [0.29, 0.717) is 13.2 Å². The third-order valence-electron chi connectivity index (χ3n) is 6.86. The smallest absolute Gasteiger partial charge is 0.240 e. The van der Waals surface area contributed by atoms with Crippen LogP contribution in [0.25, 0.3) is 0 Å². The fourth-order valence-electron chi connectivity index (χ4n) is 5.05. The van der Waals surface area contributed by atoms with Gasteiger partial charge in [-0.2, -0.15) is 0 Å². The standard InChI is InChI=1S/C26H32N6O2/c33-26(30-13-6-1-2-7-14-30)25-16-23(32-20-27-28-29-32)18-31(25)17-22-11-8-12-24(15-22)34-19-21-9-4-3-5-10-21/h3-5,8-12,15,20,23,25H,1-2,6-7,13-14,16-19H2/t23-,25-/m0/s1. The molecule has 5 rings (SSSR count). The number of carbonyl (C=O) groups is 1. The van der Waals surface area contributed by atoms with Crippen molar-refractivity contribution in [3.63, 3.8) is 0 Å². The number of ether oxygens (including phenoxy) is 1. The lowest BCUT2D eigenvalue weighted by atomic mass is 10.1. The molecule has 2 fully saturated rings. The predicted molar refractivity (Wildman–Crippen MR) is 128 cm³/mol. The van der Waals surface area contributed by atoms with Gasteiger partial charge in [0.25, 0.3) is 0 Å². The van der Waals surface area contributed by atoms with E-state index in [1.165, 1.54) is 12.8 Å². The van der Waals surface area contributed by atoms with E-state index in [2.05, 4.69) is 49.6 Å². The lowest BCUT2D eigenvalue weighted by Crippen LogP contribution is -2.45. The van der Waals surface area contributed by atoms with Gasteiger partial charge < -0.3 is 9.64 Å². The molecule has 2 aliphatic rings. The number of amides is 1. The number of tetrazole rings is 1. The fourth-order valence-corrected chi connectivity index (χ4v) is 5.05. The number of hydrogen-bond donors (Lipinski definition) is 0. The summed E-state index contributed by atoms with van der Waals surface area (Å²) in [6.45, 7) is 3.68. The molecule has 2 atom stereocenters. The van der Waals surface area contributed by atoms with E-state index in [0.717, 1.165) is 55.8 Å². The zero-order valence-corrected chi connectivity index (χ0v) is 19.5. The Hall–Kier alpha value is -3.26. The largest absolute Gasteiger partial charge is 0.489 e. The number of rotatable bonds is 7. The number of carbonyl (C=O) groups excluding carboxylic acids is 1. The Morgan fingerprint density at radius 1 is 0.971 bits per heavy atom. The molecule has 0 bridgehead atoms. The minimum Gasteiger partial charge on any atom is -0.489 e. The summed E-state index contributed by atoms with van der Waals surface area (Å²) in [6.07, 6.45) is 6.98. The number of benzene rings is 2. The summed E-state index contributed by atoms with van der Waals surface area (Å²) in [5, 5.41) is 11.7. The molecule has 1 aromatic heterocycles. The van der Waals surface area contributed by atoms with E-state index in [9.17, 15) is 4.79 Å². The maximum absolute atomic E-state index is 13.6. The van der Waals surface area contributed by atoms with Crippen LogP contribution in [0.5, 0.6) is 5.75 Å². The van der Waals surface area contributed by atoms with E-state index in [-0.39, 0.29) is 18.0 Å². The first-order valence-electron chi connectivity index (χ1n) is 12.3. The van der Waals surface area contributed by atoms with E-state index < -0.39 is 0 Å². The second kappa shape index (κ2) is 10.8. The van der Waals surface area contributed by atoms with Crippen LogP contribution < -0.4 is 4.74 Å². The molecule has 0 unspecified atom stereocenters. The summed E-state index contributed by atoms with van der Waals surface area (Å²) in [5.74, 6) is 1.09. The molecular weight excluding hydrogens is 428 g/mol. The topological polar surface area (TPSA) is 76.4 Å². The Morgan fingerprint density at radius 2 is 1.76 bits per heavy atom. The number of hydrogen-bond acceptors (Lipinski definition) is 6. The molecule has 8 heteroatoms. The molecule has 0 saturated carbocycles. The van der Waals surface area contributed by atoms with E-state index in [1.807, 2.05) is 30.3 Å². The van der Waals surface area contributed by atoms with Gasteiger partial charge in [-0.25, -0.2) is 4.68 Å². The van der Waals surface area contributed by atoms with Gasteiger partial charge in [0.05, 0.1) is 12.1 Å². The van der Waals surface area contributed by atoms with Crippen LogP contribution in [0.2, 0.25) is 0 Å². The first-order valence-corrected chi connectivity index (χ1v) is 12.3. The van der Waals surface area contributed by atoms with E-state index >= 15 is 0 Å². The maximum Gasteiger partial charge on any atom is 0.240 e. The SMILES string of the molecule is O=C([C@@H]1C[C@H](n2cnnn2)CN1Cc1cccc(OCc2ccccc2)c1)N1CCCCCC1. The van der Waals surface area contributed by atoms with Crippen LogP contribution in [-0.2, 0) is 17.9 Å². The van der Waals surface area contributed by atoms with Gasteiger partial charge in [-0.1, -0.05) is 55.3 Å². The van der Waals surface area contributed by atoms with Gasteiger partial charge in [0.15, 0.2) is 0 Å². The van der Waals surface area contributed by atoms with Crippen LogP contribution in [0.15, 0.2) is 60.9 Å². The lowest BCUT2D eigenvalue weighted by molar-refractivity contribution is -0.136. The van der Waals surface area contributed by atoms with Crippen molar-refractivity contribution in [2.24, 2.45) is 0 Å². The molecule has 8 nitrogen and oxygen atoms in total. The van der Waals surface area contributed by atoms with Gasteiger partial charge in [-0.3, -0.25) is 9.69 Å². The van der Waals surface area contributed by atoms with Crippen LogP contribution >= 0.6 is 0 Å². The zero-order chi connectivity index (χ0) is 23.2. The Labute approximate surface area is 200 Å². The maximum atomic E-state index is 13.6. The third kappa shape index (κ3) is 5.44. The van der Waals surface area contributed by atoms with Gasteiger partial charge in [-0.15, -0.1) is 5.10 Å². The van der Waals surface area contributed by atoms with E-state index in [1.54, 1.807) is 11.0 Å². The van der Waals surface area contributed by atoms with Crippen molar-refractivity contribution in [3.8, 4) is 5.75 Å². The summed E-state index contributed by atoms with van der Waals surface area (Å²) >= 11 is 0. The summed E-state index contributed by atoms with van der Waals surface area (Å²) in [5.41, 5.74) is 2.27. The molecule has 0 spiro atoms. The average molecular weight is 461 g/mol. The Morgan fingerprint density at radius 3 is 2.53 bits per heavy atom. The van der Waals surface area contributed by atoms with Gasteiger partial charge >= 0.3 is 0 Å². The predicted octanol–water partition coefficient (Wildman–Crippen LogP) is 3.47. The zero-order valence-electron chi connectivity index (χ0n) is 19.5. The lowest BCUT2D eigenvalue weighted by Gasteiger charge is -2.29. The second-order valence-electron chi connectivity index (χ2n) is 9.29. The van der Waals surface area contributed by atoms with Crippen LogP contribution in [0.3, 0.4) is 0 Å². The molecule has 2 aliphatic heterocycles. The van der Waals surface area contributed by atoms with Crippen LogP contribution in [-0.4, -0.2) is 61.6 Å². The van der Waals surface area contributed by atoms with Crippen molar-refractivity contribution in [3.05, 3.63) is 72.1 Å². The minimum atomic E-state index is -0.166. The second-order valence-corrected chi connectivity index (χ2v) is 9.29. The highest BCUT2D eigenvalue weighted by atomic mass is 16.5. The van der Waals surface area contributed by atoms with Crippen LogP contribution in [0, 0.1) is 0 Å². The first kappa shape index (κ1) is 22.5. The Bertz CT molecular complexity index is 1050. The summed E-state index contributed by atoms with van der Waals surface area (Å²) in [6, 6.07) is 18.3. The number of aromatic nitrogens is 4. The van der Waals surface area contributed by atoms with Crippen molar-refractivity contribution in [1.29, 1.82) is 0 Å². The van der Waals surface area contributed by atoms with Crippen LogP contribution in [0.4, 0.5) is 0 Å². The normalized spacial score (nSPS) is 21.4. The van der Waals surface area contributed by atoms with Gasteiger partial charge in [0.2, 0.25) is 5.91 Å². The molecule has 0 aliphatic carbocycles. The van der Waals surface area contributed by atoms with Gasteiger partial charge in [0, 0.05) is 26.2 Å². The van der Waals surface area contributed by atoms with Crippen molar-refractivity contribution in [2.45, 2.75) is 57.3 Å². The third-order valence-corrected chi connectivity index (χ3v) is 6.86. The monoisotopic (exact) mass is 460 g/mol. The highest BCUT2D eigenvalue weighted by Gasteiger charge is 2.40. The molecule has 0 radical (unpaired) electrons. The number of likely N-dealkylation sites (tertiary alicyclic amines) is 2. The molecule has 1 amide bonds. The molecular formula is C26H32N6O2. The quantitative estimate of drug-likeness (QED) is 0.537. The van der Waals surface area contributed by atoms with Gasteiger partial charge in [-0.05, 0) is 52.9 Å². The van der Waals surface area contributed by atoms with Gasteiger partial charge in [0.1, 0.15) is 18.7 Å². The molecule has 0 N–H and O–H groups in total. The summed E-state index contributed by atoms with van der Waals surface area (Å²) < 4.78 is 7.83. The Balaban J connectivity index is 1.30. The summed E-state index contributed by atoms with van der Waals surface area (Å²) in [7, 11) is 0. The van der Waals surface area contributed by atoms with E-state index in [4.69, 9.17) is 4.74 Å². The van der Waals surface area contributed by atoms with Crippen molar-refractivity contribution < 1.29 is 9.53 Å². The molecule has 178 valence electrons.